The van der Waals surface area contributed by atoms with Gasteiger partial charge in [-0.05, 0) is 48.5 Å². The Balaban J connectivity index is 1.83. The first-order chi connectivity index (χ1) is 12.5. The van der Waals surface area contributed by atoms with Gasteiger partial charge in [-0.15, -0.1) is 0 Å². The summed E-state index contributed by atoms with van der Waals surface area (Å²) in [7, 11) is 1.31. The van der Waals surface area contributed by atoms with Gasteiger partial charge in [0.15, 0.2) is 0 Å². The van der Waals surface area contributed by atoms with Crippen LogP contribution in [0.2, 0.25) is 0 Å². The summed E-state index contributed by atoms with van der Waals surface area (Å²) in [5.41, 5.74) is 2.47. The van der Waals surface area contributed by atoms with Crippen LogP contribution in [0.4, 0.5) is 17.1 Å². The zero-order valence-corrected chi connectivity index (χ0v) is 14.7. The highest BCUT2D eigenvalue weighted by Gasteiger charge is 2.06. The molecule has 0 heterocycles. The summed E-state index contributed by atoms with van der Waals surface area (Å²) in [5.74, 6) is -0.703. The van der Waals surface area contributed by atoms with Gasteiger partial charge < -0.3 is 20.7 Å². The molecule has 0 fully saturated rings. The summed E-state index contributed by atoms with van der Waals surface area (Å²) in [5, 5.41) is 8.48. The molecule has 0 radical (unpaired) electrons. The van der Waals surface area contributed by atoms with Gasteiger partial charge in [-0.2, -0.15) is 0 Å². The fourth-order valence-corrected chi connectivity index (χ4v) is 2.12. The van der Waals surface area contributed by atoms with Gasteiger partial charge in [0.25, 0.3) is 0 Å². The number of ether oxygens (including phenoxy) is 1. The Morgan fingerprint density at radius 1 is 0.808 bits per heavy atom. The maximum Gasteiger partial charge on any atom is 0.337 e. The van der Waals surface area contributed by atoms with Crippen LogP contribution in [-0.2, 0) is 14.3 Å². The van der Waals surface area contributed by atoms with Crippen LogP contribution in [0.3, 0.4) is 0 Å². The van der Waals surface area contributed by atoms with Crippen LogP contribution in [0, 0.1) is 0 Å². The summed E-state index contributed by atoms with van der Waals surface area (Å²) in [6, 6.07) is 13.5. The van der Waals surface area contributed by atoms with Gasteiger partial charge in [-0.25, -0.2) is 4.79 Å². The highest BCUT2D eigenvalue weighted by Crippen LogP contribution is 2.14. The SMILES string of the molecule is CCC(=O)Nc1ccc(NCC(=O)Nc2ccc(C(=O)OC)cc2)cc1. The van der Waals surface area contributed by atoms with E-state index in [1.807, 2.05) is 0 Å². The minimum absolute atomic E-state index is 0.0525. The molecule has 0 aliphatic rings. The number of rotatable bonds is 7. The Bertz CT molecular complexity index is 770. The van der Waals surface area contributed by atoms with E-state index in [1.165, 1.54) is 7.11 Å². The first kappa shape index (κ1) is 19.0. The van der Waals surface area contributed by atoms with E-state index in [0.29, 0.717) is 23.4 Å². The monoisotopic (exact) mass is 355 g/mol. The second kappa shape index (κ2) is 9.22. The molecule has 0 aliphatic carbocycles. The van der Waals surface area contributed by atoms with Gasteiger partial charge in [0.2, 0.25) is 11.8 Å². The lowest BCUT2D eigenvalue weighted by Crippen LogP contribution is -2.21. The van der Waals surface area contributed by atoms with Crippen molar-refractivity contribution < 1.29 is 19.1 Å². The van der Waals surface area contributed by atoms with Gasteiger partial charge in [0.05, 0.1) is 19.2 Å². The van der Waals surface area contributed by atoms with E-state index >= 15 is 0 Å². The molecular formula is C19H21N3O4. The molecule has 0 bridgehead atoms. The third kappa shape index (κ3) is 5.62. The maximum atomic E-state index is 12.0. The Morgan fingerprint density at radius 3 is 1.85 bits per heavy atom. The second-order valence-corrected chi connectivity index (χ2v) is 5.45. The number of anilines is 3. The van der Waals surface area contributed by atoms with Crippen molar-refractivity contribution in [2.24, 2.45) is 0 Å². The highest BCUT2D eigenvalue weighted by molar-refractivity contribution is 5.95. The predicted octanol–water partition coefficient (Wildman–Crippen LogP) is 2.87. The average molecular weight is 355 g/mol. The van der Waals surface area contributed by atoms with Gasteiger partial charge >= 0.3 is 5.97 Å². The maximum absolute atomic E-state index is 12.0. The molecule has 2 aromatic rings. The van der Waals surface area contributed by atoms with Crippen molar-refractivity contribution in [3.05, 3.63) is 54.1 Å². The normalized spacial score (nSPS) is 9.92. The van der Waals surface area contributed by atoms with E-state index in [-0.39, 0.29) is 18.4 Å². The molecule has 2 amide bonds. The van der Waals surface area contributed by atoms with E-state index in [0.717, 1.165) is 5.69 Å². The fraction of sp³-hybridized carbons (Fsp3) is 0.211. The van der Waals surface area contributed by atoms with Crippen molar-refractivity contribution in [1.82, 2.24) is 0 Å². The Morgan fingerprint density at radius 2 is 1.31 bits per heavy atom. The molecule has 7 heteroatoms. The lowest BCUT2D eigenvalue weighted by atomic mass is 10.2. The van der Waals surface area contributed by atoms with Crippen LogP contribution < -0.4 is 16.0 Å². The van der Waals surface area contributed by atoms with Gasteiger partial charge in [0, 0.05) is 23.5 Å². The van der Waals surface area contributed by atoms with Crippen LogP contribution in [0.15, 0.2) is 48.5 Å². The summed E-state index contributed by atoms with van der Waals surface area (Å²) in [4.78, 5) is 34.7. The molecule has 3 N–H and O–H groups in total. The summed E-state index contributed by atoms with van der Waals surface area (Å²) in [6.45, 7) is 1.87. The molecule has 2 aromatic carbocycles. The molecule has 0 saturated carbocycles. The van der Waals surface area contributed by atoms with Crippen molar-refractivity contribution in [2.75, 3.05) is 29.6 Å². The average Bonchev–Trinajstić information content (AvgIpc) is 2.67. The number of hydrogen-bond acceptors (Lipinski definition) is 5. The van der Waals surface area contributed by atoms with Gasteiger partial charge in [-0.3, -0.25) is 9.59 Å². The molecule has 2 rings (SSSR count). The Hall–Kier alpha value is -3.35. The number of methoxy groups -OCH3 is 1. The van der Waals surface area contributed by atoms with Crippen LogP contribution in [0.25, 0.3) is 0 Å². The molecular weight excluding hydrogens is 334 g/mol. The van der Waals surface area contributed by atoms with E-state index in [1.54, 1.807) is 55.5 Å². The van der Waals surface area contributed by atoms with E-state index < -0.39 is 5.97 Å². The van der Waals surface area contributed by atoms with Crippen LogP contribution in [0.1, 0.15) is 23.7 Å². The topological polar surface area (TPSA) is 96.5 Å². The molecule has 0 saturated heterocycles. The van der Waals surface area contributed by atoms with Crippen molar-refractivity contribution in [3.8, 4) is 0 Å². The number of carbonyl (C=O) groups is 3. The van der Waals surface area contributed by atoms with E-state index in [2.05, 4.69) is 20.7 Å². The number of hydrogen-bond donors (Lipinski definition) is 3. The van der Waals surface area contributed by atoms with Crippen molar-refractivity contribution in [1.29, 1.82) is 0 Å². The van der Waals surface area contributed by atoms with Crippen molar-refractivity contribution in [2.45, 2.75) is 13.3 Å². The number of nitrogens with one attached hydrogen (secondary N) is 3. The number of esters is 1. The summed E-state index contributed by atoms with van der Waals surface area (Å²) >= 11 is 0. The van der Waals surface area contributed by atoms with Gasteiger partial charge in [0.1, 0.15) is 0 Å². The number of carbonyl (C=O) groups excluding carboxylic acids is 3. The number of benzene rings is 2. The van der Waals surface area contributed by atoms with E-state index in [4.69, 9.17) is 0 Å². The minimum atomic E-state index is -0.428. The minimum Gasteiger partial charge on any atom is -0.465 e. The molecule has 0 unspecified atom stereocenters. The second-order valence-electron chi connectivity index (χ2n) is 5.45. The molecule has 0 aromatic heterocycles. The summed E-state index contributed by atoms with van der Waals surface area (Å²) in [6.07, 6.45) is 0.417. The Kier molecular flexibility index (Phi) is 6.73. The zero-order valence-electron chi connectivity index (χ0n) is 14.7. The van der Waals surface area contributed by atoms with E-state index in [9.17, 15) is 14.4 Å². The fourth-order valence-electron chi connectivity index (χ4n) is 2.12. The molecule has 0 atom stereocenters. The lowest BCUT2D eigenvalue weighted by Gasteiger charge is -2.09. The number of amides is 2. The van der Waals surface area contributed by atoms with Crippen LogP contribution in [0.5, 0.6) is 0 Å². The smallest absolute Gasteiger partial charge is 0.337 e. The molecule has 26 heavy (non-hydrogen) atoms. The first-order valence-electron chi connectivity index (χ1n) is 8.14. The molecule has 136 valence electrons. The Labute approximate surface area is 151 Å². The van der Waals surface area contributed by atoms with Gasteiger partial charge in [-0.1, -0.05) is 6.92 Å². The third-order valence-corrected chi connectivity index (χ3v) is 3.53. The molecule has 7 nitrogen and oxygen atoms in total. The third-order valence-electron chi connectivity index (χ3n) is 3.53. The standard InChI is InChI=1S/C19H21N3O4/c1-3-17(23)21-16-10-8-14(9-11-16)20-12-18(24)22-15-6-4-13(5-7-15)19(25)26-2/h4-11,20H,3,12H2,1-2H3,(H,21,23)(H,22,24). The van der Waals surface area contributed by atoms with Crippen LogP contribution >= 0.6 is 0 Å². The van der Waals surface area contributed by atoms with Crippen molar-refractivity contribution in [3.63, 3.8) is 0 Å². The molecule has 0 aliphatic heterocycles. The molecule has 0 spiro atoms. The summed E-state index contributed by atoms with van der Waals surface area (Å²) < 4.78 is 4.62. The van der Waals surface area contributed by atoms with Crippen LogP contribution in [-0.4, -0.2) is 31.4 Å². The predicted molar refractivity (Wildman–Crippen MR) is 100 cm³/mol. The highest BCUT2D eigenvalue weighted by atomic mass is 16.5. The first-order valence-corrected chi connectivity index (χ1v) is 8.14. The lowest BCUT2D eigenvalue weighted by molar-refractivity contribution is -0.116. The zero-order chi connectivity index (χ0) is 18.9. The van der Waals surface area contributed by atoms with Crippen molar-refractivity contribution >= 4 is 34.8 Å². The largest absolute Gasteiger partial charge is 0.465 e. The quantitative estimate of drug-likeness (QED) is 0.664.